The number of ether oxygens (including phenoxy) is 1. The Morgan fingerprint density at radius 3 is 2.57 bits per heavy atom. The van der Waals surface area contributed by atoms with Crippen molar-refractivity contribution in [3.05, 3.63) is 29.6 Å². The van der Waals surface area contributed by atoms with E-state index < -0.39 is 11.8 Å². The van der Waals surface area contributed by atoms with Gasteiger partial charge in [0.1, 0.15) is 0 Å². The standard InChI is InChI=1S/C15H20FNO4/c1-21-13-8-7-11(10-12(13)16)15(20)17-9-5-3-2-4-6-14(18)19/h7-8,10H,2-6,9H2,1H3,(H,17,20)(H,18,19). The van der Waals surface area contributed by atoms with Crippen molar-refractivity contribution in [3.63, 3.8) is 0 Å². The highest BCUT2D eigenvalue weighted by Crippen LogP contribution is 2.17. The van der Waals surface area contributed by atoms with Crippen LogP contribution in [0.2, 0.25) is 0 Å². The van der Waals surface area contributed by atoms with Crippen LogP contribution in [-0.2, 0) is 4.79 Å². The number of hydrogen-bond donors (Lipinski definition) is 2. The zero-order valence-electron chi connectivity index (χ0n) is 12.0. The molecule has 0 unspecified atom stereocenters. The summed E-state index contributed by atoms with van der Waals surface area (Å²) in [7, 11) is 1.36. The minimum absolute atomic E-state index is 0.102. The number of amides is 1. The van der Waals surface area contributed by atoms with Crippen LogP contribution >= 0.6 is 0 Å². The molecule has 1 rings (SSSR count). The number of benzene rings is 1. The van der Waals surface area contributed by atoms with Crippen LogP contribution in [0.25, 0.3) is 0 Å². The lowest BCUT2D eigenvalue weighted by atomic mass is 10.1. The summed E-state index contributed by atoms with van der Waals surface area (Å²) in [6.45, 7) is 0.486. The third-order valence-electron chi connectivity index (χ3n) is 3.02. The Labute approximate surface area is 123 Å². The Morgan fingerprint density at radius 1 is 1.24 bits per heavy atom. The van der Waals surface area contributed by atoms with Crippen LogP contribution in [0.15, 0.2) is 18.2 Å². The first-order valence-electron chi connectivity index (χ1n) is 6.88. The number of carboxylic acid groups (broad SMARTS) is 1. The van der Waals surface area contributed by atoms with Crippen LogP contribution < -0.4 is 10.1 Å². The Bertz CT molecular complexity index is 491. The second-order valence-electron chi connectivity index (χ2n) is 4.66. The number of carboxylic acids is 1. The summed E-state index contributed by atoms with van der Waals surface area (Å²) in [5, 5.41) is 11.2. The molecule has 0 atom stereocenters. The first kappa shape index (κ1) is 16.9. The molecule has 0 aliphatic carbocycles. The lowest BCUT2D eigenvalue weighted by molar-refractivity contribution is -0.137. The van der Waals surface area contributed by atoms with Crippen LogP contribution in [0.3, 0.4) is 0 Å². The highest BCUT2D eigenvalue weighted by molar-refractivity contribution is 5.94. The maximum absolute atomic E-state index is 13.5. The highest BCUT2D eigenvalue weighted by atomic mass is 19.1. The summed E-state index contributed by atoms with van der Waals surface area (Å²) in [5.74, 6) is -1.59. The number of aliphatic carboxylic acids is 1. The SMILES string of the molecule is COc1ccc(C(=O)NCCCCCCC(=O)O)cc1F. The zero-order chi connectivity index (χ0) is 15.7. The number of rotatable bonds is 9. The van der Waals surface area contributed by atoms with Crippen LogP contribution in [0.4, 0.5) is 4.39 Å². The van der Waals surface area contributed by atoms with E-state index in [9.17, 15) is 14.0 Å². The van der Waals surface area contributed by atoms with E-state index >= 15 is 0 Å². The molecule has 0 radical (unpaired) electrons. The molecule has 6 heteroatoms. The molecule has 1 aromatic rings. The zero-order valence-corrected chi connectivity index (χ0v) is 12.0. The number of hydrogen-bond acceptors (Lipinski definition) is 3. The summed E-state index contributed by atoms with van der Waals surface area (Å²) in [6.07, 6.45) is 3.26. The fourth-order valence-corrected chi connectivity index (χ4v) is 1.87. The fourth-order valence-electron chi connectivity index (χ4n) is 1.87. The summed E-state index contributed by atoms with van der Waals surface area (Å²) in [6, 6.07) is 4.06. The van der Waals surface area contributed by atoms with Crippen LogP contribution in [0.1, 0.15) is 42.5 Å². The molecular formula is C15H20FNO4. The molecule has 0 fully saturated rings. The molecule has 1 amide bonds. The van der Waals surface area contributed by atoms with Crippen molar-refractivity contribution in [1.82, 2.24) is 5.32 Å². The molecular weight excluding hydrogens is 277 g/mol. The molecule has 0 bridgehead atoms. The van der Waals surface area contributed by atoms with Gasteiger partial charge >= 0.3 is 5.97 Å². The molecule has 0 spiro atoms. The van der Waals surface area contributed by atoms with E-state index in [4.69, 9.17) is 9.84 Å². The maximum Gasteiger partial charge on any atom is 0.303 e. The normalized spacial score (nSPS) is 10.2. The second kappa shape index (κ2) is 8.94. The van der Waals surface area contributed by atoms with E-state index in [0.29, 0.717) is 13.0 Å². The molecule has 2 N–H and O–H groups in total. The molecule has 0 aliphatic heterocycles. The summed E-state index contributed by atoms with van der Waals surface area (Å²) in [4.78, 5) is 22.1. The van der Waals surface area contributed by atoms with Crippen molar-refractivity contribution in [2.24, 2.45) is 0 Å². The lowest BCUT2D eigenvalue weighted by Crippen LogP contribution is -2.24. The van der Waals surface area contributed by atoms with Crippen molar-refractivity contribution >= 4 is 11.9 Å². The van der Waals surface area contributed by atoms with Gasteiger partial charge in [0.2, 0.25) is 0 Å². The van der Waals surface area contributed by atoms with Crippen LogP contribution in [0.5, 0.6) is 5.75 Å². The smallest absolute Gasteiger partial charge is 0.303 e. The van der Waals surface area contributed by atoms with E-state index in [0.717, 1.165) is 25.3 Å². The predicted octanol–water partition coefficient (Wildman–Crippen LogP) is 2.60. The van der Waals surface area contributed by atoms with Crippen molar-refractivity contribution in [2.75, 3.05) is 13.7 Å². The first-order valence-corrected chi connectivity index (χ1v) is 6.88. The molecule has 0 aliphatic rings. The van der Waals surface area contributed by atoms with E-state index in [-0.39, 0.29) is 23.6 Å². The number of methoxy groups -OCH3 is 1. The minimum atomic E-state index is -0.787. The largest absolute Gasteiger partial charge is 0.494 e. The predicted molar refractivity (Wildman–Crippen MR) is 76.0 cm³/mol. The van der Waals surface area contributed by atoms with Gasteiger partial charge in [-0.05, 0) is 31.0 Å². The molecule has 0 aromatic heterocycles. The summed E-state index contributed by atoms with van der Waals surface area (Å²) >= 11 is 0. The molecule has 0 heterocycles. The second-order valence-corrected chi connectivity index (χ2v) is 4.66. The first-order chi connectivity index (χ1) is 10.0. The molecule has 1 aromatic carbocycles. The van der Waals surface area contributed by atoms with Crippen molar-refractivity contribution in [1.29, 1.82) is 0 Å². The van der Waals surface area contributed by atoms with Gasteiger partial charge in [0.05, 0.1) is 7.11 Å². The van der Waals surface area contributed by atoms with Gasteiger partial charge in [-0.2, -0.15) is 0 Å². The van der Waals surface area contributed by atoms with Gasteiger partial charge in [-0.15, -0.1) is 0 Å². The average molecular weight is 297 g/mol. The van der Waals surface area contributed by atoms with Gasteiger partial charge in [0.15, 0.2) is 11.6 Å². The number of halogens is 1. The van der Waals surface area contributed by atoms with Crippen LogP contribution in [-0.4, -0.2) is 30.6 Å². The van der Waals surface area contributed by atoms with Crippen molar-refractivity contribution in [3.8, 4) is 5.75 Å². The van der Waals surface area contributed by atoms with E-state index in [1.807, 2.05) is 0 Å². The van der Waals surface area contributed by atoms with E-state index in [1.165, 1.54) is 19.2 Å². The molecule has 116 valence electrons. The Hall–Kier alpha value is -2.11. The van der Waals surface area contributed by atoms with Gasteiger partial charge in [-0.25, -0.2) is 4.39 Å². The Kier molecular flexibility index (Phi) is 7.21. The topological polar surface area (TPSA) is 75.6 Å². The maximum atomic E-state index is 13.5. The molecule has 5 nitrogen and oxygen atoms in total. The Morgan fingerprint density at radius 2 is 1.95 bits per heavy atom. The number of carbonyl (C=O) groups is 2. The van der Waals surface area contributed by atoms with Crippen molar-refractivity contribution in [2.45, 2.75) is 32.1 Å². The monoisotopic (exact) mass is 297 g/mol. The quantitative estimate of drug-likeness (QED) is 0.687. The van der Waals surface area contributed by atoms with Gasteiger partial charge in [0, 0.05) is 18.5 Å². The third-order valence-corrected chi connectivity index (χ3v) is 3.02. The highest BCUT2D eigenvalue weighted by Gasteiger charge is 2.09. The minimum Gasteiger partial charge on any atom is -0.494 e. The Balaban J connectivity index is 2.25. The van der Waals surface area contributed by atoms with Gasteiger partial charge < -0.3 is 15.2 Å². The average Bonchev–Trinajstić information content (AvgIpc) is 2.45. The molecule has 0 saturated heterocycles. The third kappa shape index (κ3) is 6.25. The molecule has 21 heavy (non-hydrogen) atoms. The summed E-state index contributed by atoms with van der Waals surface area (Å²) < 4.78 is 18.2. The van der Waals surface area contributed by atoms with E-state index in [1.54, 1.807) is 0 Å². The molecule has 0 saturated carbocycles. The van der Waals surface area contributed by atoms with Crippen LogP contribution in [0, 0.1) is 5.82 Å². The van der Waals surface area contributed by atoms with E-state index in [2.05, 4.69) is 5.32 Å². The van der Waals surface area contributed by atoms with Gasteiger partial charge in [-0.1, -0.05) is 12.8 Å². The van der Waals surface area contributed by atoms with Crippen molar-refractivity contribution < 1.29 is 23.8 Å². The number of unbranched alkanes of at least 4 members (excludes halogenated alkanes) is 3. The number of nitrogens with one attached hydrogen (secondary N) is 1. The fraction of sp³-hybridized carbons (Fsp3) is 0.467. The lowest BCUT2D eigenvalue weighted by Gasteiger charge is -2.07. The number of carbonyl (C=O) groups excluding carboxylic acids is 1. The van der Waals surface area contributed by atoms with Gasteiger partial charge in [-0.3, -0.25) is 9.59 Å². The van der Waals surface area contributed by atoms with Gasteiger partial charge in [0.25, 0.3) is 5.91 Å². The summed E-state index contributed by atoms with van der Waals surface area (Å²) in [5.41, 5.74) is 0.249.